The minimum Gasteiger partial charge on any atom is -0.342 e. The number of likely N-dealkylation sites (tertiary alicyclic amines) is 2. The first kappa shape index (κ1) is 18.0. The molecule has 0 unspecified atom stereocenters. The van der Waals surface area contributed by atoms with Gasteiger partial charge in [0.25, 0.3) is 0 Å². The number of rotatable bonds is 3. The summed E-state index contributed by atoms with van der Waals surface area (Å²) in [5, 5.41) is 2.33. The van der Waals surface area contributed by atoms with Crippen molar-refractivity contribution in [2.45, 2.75) is 38.5 Å². The minimum absolute atomic E-state index is 0.102. The molecule has 0 aliphatic carbocycles. The van der Waals surface area contributed by atoms with Crippen molar-refractivity contribution in [3.63, 3.8) is 0 Å². The zero-order valence-electron chi connectivity index (χ0n) is 15.9. The molecule has 4 rings (SSSR count). The quantitative estimate of drug-likeness (QED) is 0.834. The zero-order valence-corrected chi connectivity index (χ0v) is 15.9. The number of benzene rings is 2. The molecule has 2 saturated heterocycles. The van der Waals surface area contributed by atoms with Gasteiger partial charge in [-0.1, -0.05) is 42.5 Å². The molecule has 2 aromatic rings. The van der Waals surface area contributed by atoms with Gasteiger partial charge in [-0.25, -0.2) is 0 Å². The smallest absolute Gasteiger partial charge is 0.227 e. The van der Waals surface area contributed by atoms with Crippen molar-refractivity contribution in [3.05, 3.63) is 48.0 Å². The third-order valence-corrected chi connectivity index (χ3v) is 6.09. The molecule has 4 heteroatoms. The Bertz CT molecular complexity index is 813. The van der Waals surface area contributed by atoms with Gasteiger partial charge in [-0.05, 0) is 48.4 Å². The lowest BCUT2D eigenvalue weighted by Crippen LogP contribution is -2.46. The Hall–Kier alpha value is -2.36. The van der Waals surface area contributed by atoms with Crippen molar-refractivity contribution in [2.24, 2.45) is 5.92 Å². The fourth-order valence-electron chi connectivity index (χ4n) is 4.47. The van der Waals surface area contributed by atoms with E-state index in [0.717, 1.165) is 49.7 Å². The molecule has 0 radical (unpaired) electrons. The number of amides is 2. The third-order valence-electron chi connectivity index (χ3n) is 6.09. The van der Waals surface area contributed by atoms with Gasteiger partial charge in [-0.3, -0.25) is 9.59 Å². The first-order valence-electron chi connectivity index (χ1n) is 10.3. The van der Waals surface area contributed by atoms with Crippen molar-refractivity contribution in [2.75, 3.05) is 26.2 Å². The fourth-order valence-corrected chi connectivity index (χ4v) is 4.47. The Kier molecular flexibility index (Phi) is 5.42. The highest BCUT2D eigenvalue weighted by atomic mass is 16.2. The van der Waals surface area contributed by atoms with Crippen molar-refractivity contribution in [1.29, 1.82) is 0 Å². The van der Waals surface area contributed by atoms with Crippen LogP contribution >= 0.6 is 0 Å². The molecule has 0 spiro atoms. The van der Waals surface area contributed by atoms with Crippen LogP contribution in [0.3, 0.4) is 0 Å². The normalized spacial score (nSPS) is 18.7. The summed E-state index contributed by atoms with van der Waals surface area (Å²) in [6.07, 6.45) is 5.55. The number of carbonyl (C=O) groups excluding carboxylic acids is 2. The molecule has 142 valence electrons. The molecule has 4 nitrogen and oxygen atoms in total. The Morgan fingerprint density at radius 3 is 2.30 bits per heavy atom. The van der Waals surface area contributed by atoms with Crippen LogP contribution in [0, 0.1) is 5.92 Å². The number of hydrogen-bond donors (Lipinski definition) is 0. The van der Waals surface area contributed by atoms with Crippen molar-refractivity contribution >= 4 is 22.6 Å². The molecule has 27 heavy (non-hydrogen) atoms. The van der Waals surface area contributed by atoms with Gasteiger partial charge < -0.3 is 9.80 Å². The van der Waals surface area contributed by atoms with E-state index in [1.54, 1.807) is 0 Å². The van der Waals surface area contributed by atoms with Crippen LogP contribution < -0.4 is 0 Å². The molecule has 2 aliphatic rings. The lowest BCUT2D eigenvalue weighted by atomic mass is 9.93. The molecule has 0 bridgehead atoms. The van der Waals surface area contributed by atoms with Crippen molar-refractivity contribution < 1.29 is 9.59 Å². The van der Waals surface area contributed by atoms with Gasteiger partial charge in [0.1, 0.15) is 0 Å². The highest BCUT2D eigenvalue weighted by molar-refractivity contribution is 5.90. The van der Waals surface area contributed by atoms with Gasteiger partial charge in [0.2, 0.25) is 11.8 Å². The predicted octanol–water partition coefficient (Wildman–Crippen LogP) is 3.63. The molecule has 2 heterocycles. The second-order valence-corrected chi connectivity index (χ2v) is 7.86. The SMILES string of the molecule is O=C(Cc1cccc2ccccc12)N1CCC(C(=O)N2CCCCC2)CC1. The van der Waals surface area contributed by atoms with Crippen molar-refractivity contribution in [1.82, 2.24) is 9.80 Å². The molecule has 0 atom stereocenters. The Balaban J connectivity index is 1.35. The largest absolute Gasteiger partial charge is 0.342 e. The lowest BCUT2D eigenvalue weighted by molar-refractivity contribution is -0.141. The molecular weight excluding hydrogens is 336 g/mol. The van der Waals surface area contributed by atoms with Gasteiger partial charge in [-0.2, -0.15) is 0 Å². The number of fused-ring (bicyclic) bond motifs is 1. The molecular formula is C23H28N2O2. The maximum absolute atomic E-state index is 12.8. The number of nitrogens with zero attached hydrogens (tertiary/aromatic N) is 2. The van der Waals surface area contributed by atoms with E-state index in [1.807, 2.05) is 34.1 Å². The monoisotopic (exact) mass is 364 g/mol. The topological polar surface area (TPSA) is 40.6 Å². The Labute approximate surface area is 161 Å². The van der Waals surface area contributed by atoms with E-state index in [9.17, 15) is 9.59 Å². The highest BCUT2D eigenvalue weighted by Gasteiger charge is 2.30. The zero-order chi connectivity index (χ0) is 18.6. The van der Waals surface area contributed by atoms with Crippen LogP contribution in [-0.2, 0) is 16.0 Å². The maximum atomic E-state index is 12.8. The number of hydrogen-bond acceptors (Lipinski definition) is 2. The van der Waals surface area contributed by atoms with Crippen molar-refractivity contribution in [3.8, 4) is 0 Å². The van der Waals surface area contributed by atoms with Crippen LogP contribution in [0.2, 0.25) is 0 Å². The summed E-state index contributed by atoms with van der Waals surface area (Å²) in [5.41, 5.74) is 1.09. The van der Waals surface area contributed by atoms with E-state index in [2.05, 4.69) is 18.2 Å². The van der Waals surface area contributed by atoms with Crippen LogP contribution in [0.5, 0.6) is 0 Å². The van der Waals surface area contributed by atoms with E-state index in [1.165, 1.54) is 11.8 Å². The molecule has 0 saturated carbocycles. The summed E-state index contributed by atoms with van der Waals surface area (Å²) in [6, 6.07) is 14.4. The van der Waals surface area contributed by atoms with Gasteiger partial charge in [0.05, 0.1) is 6.42 Å². The van der Waals surface area contributed by atoms with Gasteiger partial charge in [0, 0.05) is 32.1 Å². The maximum Gasteiger partial charge on any atom is 0.227 e. The second-order valence-electron chi connectivity index (χ2n) is 7.86. The van der Waals surface area contributed by atoms with Gasteiger partial charge in [0.15, 0.2) is 0 Å². The molecule has 2 amide bonds. The van der Waals surface area contributed by atoms with E-state index in [-0.39, 0.29) is 11.8 Å². The van der Waals surface area contributed by atoms with Gasteiger partial charge in [-0.15, -0.1) is 0 Å². The molecule has 0 aromatic heterocycles. The first-order chi connectivity index (χ1) is 13.2. The van der Waals surface area contributed by atoms with E-state index < -0.39 is 0 Å². The predicted molar refractivity (Wildman–Crippen MR) is 107 cm³/mol. The lowest BCUT2D eigenvalue weighted by Gasteiger charge is -2.35. The molecule has 2 aromatic carbocycles. The highest BCUT2D eigenvalue weighted by Crippen LogP contribution is 2.24. The summed E-state index contributed by atoms with van der Waals surface area (Å²) >= 11 is 0. The summed E-state index contributed by atoms with van der Waals surface area (Å²) in [6.45, 7) is 3.24. The summed E-state index contributed by atoms with van der Waals surface area (Å²) < 4.78 is 0. The fraction of sp³-hybridized carbons (Fsp3) is 0.478. The molecule has 2 aliphatic heterocycles. The number of piperidine rings is 2. The van der Waals surface area contributed by atoms with Crippen LogP contribution in [0.15, 0.2) is 42.5 Å². The van der Waals surface area contributed by atoms with Crippen LogP contribution in [0.4, 0.5) is 0 Å². The van der Waals surface area contributed by atoms with Crippen LogP contribution in [0.1, 0.15) is 37.7 Å². The van der Waals surface area contributed by atoms with Gasteiger partial charge >= 0.3 is 0 Å². The Morgan fingerprint density at radius 1 is 0.815 bits per heavy atom. The standard InChI is InChI=1S/C23H28N2O2/c26-22(17-20-9-6-8-18-7-2-3-10-21(18)20)24-15-11-19(12-16-24)23(27)25-13-4-1-5-14-25/h2-3,6-10,19H,1,4-5,11-17H2. The molecule has 0 N–H and O–H groups in total. The number of carbonyl (C=O) groups is 2. The third kappa shape index (κ3) is 4.00. The van der Waals surface area contributed by atoms with Crippen LogP contribution in [0.25, 0.3) is 10.8 Å². The van der Waals surface area contributed by atoms with E-state index >= 15 is 0 Å². The summed E-state index contributed by atoms with van der Waals surface area (Å²) in [7, 11) is 0. The second kappa shape index (κ2) is 8.12. The van der Waals surface area contributed by atoms with E-state index in [4.69, 9.17) is 0 Å². The molecule has 2 fully saturated rings. The first-order valence-corrected chi connectivity index (χ1v) is 10.3. The summed E-state index contributed by atoms with van der Waals surface area (Å²) in [4.78, 5) is 29.5. The minimum atomic E-state index is 0.102. The average molecular weight is 364 g/mol. The van der Waals surface area contributed by atoms with E-state index in [0.29, 0.717) is 25.4 Å². The summed E-state index contributed by atoms with van der Waals surface area (Å²) in [5.74, 6) is 0.593. The average Bonchev–Trinajstić information content (AvgIpc) is 2.74. The van der Waals surface area contributed by atoms with Crippen LogP contribution in [-0.4, -0.2) is 47.8 Å². The Morgan fingerprint density at radius 2 is 1.52 bits per heavy atom.